The second kappa shape index (κ2) is 3.66. The van der Waals surface area contributed by atoms with Crippen LogP contribution in [0.4, 0.5) is 8.78 Å². The van der Waals surface area contributed by atoms with E-state index in [1.807, 2.05) is 6.07 Å². The number of benzene rings is 2. The molecule has 1 nitrogen and oxygen atoms in total. The Hall–Kier alpha value is -1.95. The quantitative estimate of drug-likeness (QED) is 0.694. The molecular weight excluding hydrogens is 196 g/mol. The topological polar surface area (TPSA) is 23.8 Å². The highest BCUT2D eigenvalue weighted by molar-refractivity contribution is 5.88. The molecule has 0 aliphatic heterocycles. The van der Waals surface area contributed by atoms with Gasteiger partial charge in [-0.2, -0.15) is 14.0 Å². The minimum Gasteiger partial charge on any atom is -0.194 e. The first kappa shape index (κ1) is 9.60. The SMILES string of the molecule is N#Cc1ccc2c([C](F)F)cccc2c1. The Kier molecular flexibility index (Phi) is 2.34. The van der Waals surface area contributed by atoms with Crippen LogP contribution >= 0.6 is 0 Å². The van der Waals surface area contributed by atoms with Gasteiger partial charge < -0.3 is 0 Å². The van der Waals surface area contributed by atoms with Crippen LogP contribution in [-0.4, -0.2) is 0 Å². The molecule has 0 saturated heterocycles. The van der Waals surface area contributed by atoms with Gasteiger partial charge >= 0.3 is 6.43 Å². The van der Waals surface area contributed by atoms with Crippen molar-refractivity contribution in [2.75, 3.05) is 0 Å². The molecule has 0 unspecified atom stereocenters. The molecule has 0 aliphatic carbocycles. The maximum Gasteiger partial charge on any atom is 0.340 e. The van der Waals surface area contributed by atoms with Crippen LogP contribution in [0.2, 0.25) is 0 Å². The monoisotopic (exact) mass is 202 g/mol. The minimum absolute atomic E-state index is 0.0722. The number of rotatable bonds is 1. The van der Waals surface area contributed by atoms with Crippen LogP contribution in [0, 0.1) is 17.8 Å². The molecular formula is C12H6F2N. The number of nitrogens with zero attached hydrogens (tertiary/aromatic N) is 1. The molecule has 0 bridgehead atoms. The summed E-state index contributed by atoms with van der Waals surface area (Å²) >= 11 is 0. The van der Waals surface area contributed by atoms with Gasteiger partial charge in [0.2, 0.25) is 0 Å². The Labute approximate surface area is 85.6 Å². The van der Waals surface area contributed by atoms with Crippen LogP contribution < -0.4 is 0 Å². The van der Waals surface area contributed by atoms with Gasteiger partial charge in [0.1, 0.15) is 0 Å². The lowest BCUT2D eigenvalue weighted by atomic mass is 10.0. The Morgan fingerprint density at radius 1 is 1.13 bits per heavy atom. The summed E-state index contributed by atoms with van der Waals surface area (Å²) in [5, 5.41) is 9.79. The molecule has 0 aliphatic rings. The van der Waals surface area contributed by atoms with E-state index in [1.54, 1.807) is 24.3 Å². The number of halogens is 2. The first-order valence-corrected chi connectivity index (χ1v) is 4.33. The van der Waals surface area contributed by atoms with E-state index in [4.69, 9.17) is 5.26 Å². The van der Waals surface area contributed by atoms with E-state index in [-0.39, 0.29) is 5.56 Å². The largest absolute Gasteiger partial charge is 0.340 e. The first-order valence-electron chi connectivity index (χ1n) is 4.33. The zero-order chi connectivity index (χ0) is 10.8. The number of nitriles is 1. The fourth-order valence-corrected chi connectivity index (χ4v) is 1.52. The van der Waals surface area contributed by atoms with E-state index >= 15 is 0 Å². The van der Waals surface area contributed by atoms with Crippen molar-refractivity contribution in [2.45, 2.75) is 0 Å². The van der Waals surface area contributed by atoms with Crippen LogP contribution in [0.5, 0.6) is 0 Å². The highest BCUT2D eigenvalue weighted by Gasteiger charge is 2.12. The average Bonchev–Trinajstić information content (AvgIpc) is 2.27. The standard InChI is InChI=1S/C12H6F2N/c13-12(14)11-3-1-2-9-6-8(7-15)4-5-10(9)11/h1-6H. The number of hydrogen-bond donors (Lipinski definition) is 0. The maximum atomic E-state index is 12.5. The van der Waals surface area contributed by atoms with E-state index in [0.717, 1.165) is 0 Å². The van der Waals surface area contributed by atoms with Crippen molar-refractivity contribution in [1.82, 2.24) is 0 Å². The second-order valence-electron chi connectivity index (χ2n) is 3.11. The molecule has 0 spiro atoms. The maximum absolute atomic E-state index is 12.5. The Morgan fingerprint density at radius 2 is 1.93 bits per heavy atom. The third-order valence-electron chi connectivity index (χ3n) is 2.21. The van der Waals surface area contributed by atoms with E-state index in [9.17, 15) is 8.78 Å². The van der Waals surface area contributed by atoms with E-state index in [0.29, 0.717) is 16.3 Å². The van der Waals surface area contributed by atoms with Crippen molar-refractivity contribution in [3.63, 3.8) is 0 Å². The lowest BCUT2D eigenvalue weighted by Crippen LogP contribution is -1.87. The molecule has 0 atom stereocenters. The molecule has 2 aromatic rings. The molecule has 2 rings (SSSR count). The fourth-order valence-electron chi connectivity index (χ4n) is 1.52. The lowest BCUT2D eigenvalue weighted by molar-refractivity contribution is 0.326. The summed E-state index contributed by atoms with van der Waals surface area (Å²) in [5.74, 6) is 0. The van der Waals surface area contributed by atoms with Gasteiger partial charge in [-0.3, -0.25) is 0 Å². The summed E-state index contributed by atoms with van der Waals surface area (Å²) in [6.07, 6.45) is -1.70. The Balaban J connectivity index is 2.73. The molecule has 2 aromatic carbocycles. The highest BCUT2D eigenvalue weighted by Crippen LogP contribution is 2.27. The predicted molar refractivity (Wildman–Crippen MR) is 53.2 cm³/mol. The minimum atomic E-state index is -1.70. The Bertz CT molecular complexity index is 541. The van der Waals surface area contributed by atoms with Crippen LogP contribution in [0.25, 0.3) is 10.8 Å². The number of fused-ring (bicyclic) bond motifs is 1. The van der Waals surface area contributed by atoms with Crippen molar-refractivity contribution in [2.24, 2.45) is 0 Å². The molecule has 0 aromatic heterocycles. The van der Waals surface area contributed by atoms with Gasteiger partial charge in [0.15, 0.2) is 0 Å². The molecule has 3 heteroatoms. The zero-order valence-corrected chi connectivity index (χ0v) is 7.67. The van der Waals surface area contributed by atoms with Crippen LogP contribution in [-0.2, 0) is 0 Å². The van der Waals surface area contributed by atoms with Gasteiger partial charge in [-0.15, -0.1) is 0 Å². The molecule has 1 radical (unpaired) electrons. The highest BCUT2D eigenvalue weighted by atomic mass is 19.3. The summed E-state index contributed by atoms with van der Waals surface area (Å²) in [6, 6.07) is 11.3. The van der Waals surface area contributed by atoms with Crippen molar-refractivity contribution < 1.29 is 8.78 Å². The van der Waals surface area contributed by atoms with Gasteiger partial charge in [0, 0.05) is 5.56 Å². The third-order valence-corrected chi connectivity index (χ3v) is 2.21. The summed E-state index contributed by atoms with van der Waals surface area (Å²) < 4.78 is 25.1. The van der Waals surface area contributed by atoms with Crippen LogP contribution in [0.15, 0.2) is 36.4 Å². The summed E-state index contributed by atoms with van der Waals surface area (Å²) in [5.41, 5.74) is 0.399. The van der Waals surface area contributed by atoms with Crippen LogP contribution in [0.3, 0.4) is 0 Å². The van der Waals surface area contributed by atoms with Gasteiger partial charge in [-0.05, 0) is 22.9 Å². The molecule has 0 heterocycles. The first-order chi connectivity index (χ1) is 7.22. The molecule has 73 valence electrons. The molecule has 0 saturated carbocycles. The van der Waals surface area contributed by atoms with Gasteiger partial charge in [-0.1, -0.05) is 24.3 Å². The molecule has 0 N–H and O–H groups in total. The number of hydrogen-bond acceptors (Lipinski definition) is 1. The molecule has 15 heavy (non-hydrogen) atoms. The van der Waals surface area contributed by atoms with Crippen LogP contribution in [0.1, 0.15) is 11.1 Å². The van der Waals surface area contributed by atoms with Crippen molar-refractivity contribution in [3.05, 3.63) is 54.0 Å². The zero-order valence-electron chi connectivity index (χ0n) is 7.67. The average molecular weight is 202 g/mol. The third kappa shape index (κ3) is 1.66. The van der Waals surface area contributed by atoms with E-state index in [2.05, 4.69) is 0 Å². The van der Waals surface area contributed by atoms with Gasteiger partial charge in [0.25, 0.3) is 0 Å². The fraction of sp³-hybridized carbons (Fsp3) is 0. The van der Waals surface area contributed by atoms with Gasteiger partial charge in [-0.25, -0.2) is 0 Å². The van der Waals surface area contributed by atoms with Crippen molar-refractivity contribution in [3.8, 4) is 6.07 Å². The smallest absolute Gasteiger partial charge is 0.194 e. The summed E-state index contributed by atoms with van der Waals surface area (Å²) in [6.45, 7) is 0. The molecule has 0 amide bonds. The Morgan fingerprint density at radius 3 is 2.60 bits per heavy atom. The van der Waals surface area contributed by atoms with Crippen molar-refractivity contribution in [1.29, 1.82) is 5.26 Å². The predicted octanol–water partition coefficient (Wildman–Crippen LogP) is 3.49. The second-order valence-corrected chi connectivity index (χ2v) is 3.11. The molecule has 0 fully saturated rings. The van der Waals surface area contributed by atoms with E-state index in [1.165, 1.54) is 12.1 Å². The van der Waals surface area contributed by atoms with Gasteiger partial charge in [0.05, 0.1) is 11.6 Å². The summed E-state index contributed by atoms with van der Waals surface area (Å²) in [7, 11) is 0. The normalized spacial score (nSPS) is 10.5. The van der Waals surface area contributed by atoms with E-state index < -0.39 is 6.43 Å². The van der Waals surface area contributed by atoms with Crippen molar-refractivity contribution >= 4 is 10.8 Å². The summed E-state index contributed by atoms with van der Waals surface area (Å²) in [4.78, 5) is 0. The lowest BCUT2D eigenvalue weighted by Gasteiger charge is -2.03.